The summed E-state index contributed by atoms with van der Waals surface area (Å²) >= 11 is 0. The van der Waals surface area contributed by atoms with E-state index in [9.17, 15) is 0 Å². The van der Waals surface area contributed by atoms with Crippen LogP contribution in [-0.2, 0) is 6.42 Å². The Morgan fingerprint density at radius 2 is 1.89 bits per heavy atom. The van der Waals surface area contributed by atoms with Crippen molar-refractivity contribution in [2.75, 3.05) is 24.6 Å². The predicted molar refractivity (Wildman–Crippen MR) is 113 cm³/mol. The maximum Gasteiger partial charge on any atom is 0.222 e. The number of aromatic nitrogens is 2. The largest absolute Gasteiger partial charge is 0.489 e. The minimum absolute atomic E-state index is 0.0615. The standard InChI is InChI=1S/C22H27N5O/c1-14-4-2-5-15(12-14)13-19(16-8-10-25-11-9-16)28-18-7-3-6-17-20(18)21(23)27-22(24)26-17/h2-7,12,16,19,25H,8-11,13H2,1H3,(H4,23,24,26,27). The average Bonchev–Trinajstić information content (AvgIpc) is 2.68. The lowest BCUT2D eigenvalue weighted by atomic mass is 9.88. The molecule has 5 N–H and O–H groups in total. The average molecular weight is 377 g/mol. The molecule has 0 amide bonds. The molecule has 6 heteroatoms. The molecule has 1 fully saturated rings. The van der Waals surface area contributed by atoms with Gasteiger partial charge in [0.15, 0.2) is 0 Å². The number of rotatable bonds is 5. The van der Waals surface area contributed by atoms with Gasteiger partial charge in [0.05, 0.1) is 10.9 Å². The highest BCUT2D eigenvalue weighted by Gasteiger charge is 2.26. The molecular formula is C22H27N5O. The zero-order valence-electron chi connectivity index (χ0n) is 16.2. The van der Waals surface area contributed by atoms with Gasteiger partial charge in [0.1, 0.15) is 17.7 Å². The van der Waals surface area contributed by atoms with E-state index in [-0.39, 0.29) is 12.1 Å². The first-order chi connectivity index (χ1) is 13.6. The maximum atomic E-state index is 6.60. The second-order valence-electron chi connectivity index (χ2n) is 7.55. The minimum Gasteiger partial charge on any atom is -0.489 e. The van der Waals surface area contributed by atoms with Crippen molar-refractivity contribution in [2.45, 2.75) is 32.3 Å². The third kappa shape index (κ3) is 4.02. The van der Waals surface area contributed by atoms with E-state index in [1.54, 1.807) is 0 Å². The highest BCUT2D eigenvalue weighted by Crippen LogP contribution is 2.32. The van der Waals surface area contributed by atoms with Gasteiger partial charge in [0.25, 0.3) is 0 Å². The molecular weight excluding hydrogens is 350 g/mol. The van der Waals surface area contributed by atoms with Gasteiger partial charge in [-0.05, 0) is 56.5 Å². The van der Waals surface area contributed by atoms with Gasteiger partial charge >= 0.3 is 0 Å². The molecule has 1 saturated heterocycles. The Morgan fingerprint density at radius 3 is 2.68 bits per heavy atom. The Balaban J connectivity index is 1.68. The minimum atomic E-state index is 0.0615. The molecule has 1 atom stereocenters. The number of nitrogens with one attached hydrogen (secondary N) is 1. The van der Waals surface area contributed by atoms with E-state index in [1.807, 2.05) is 18.2 Å². The molecule has 1 aliphatic heterocycles. The van der Waals surface area contributed by atoms with Crippen LogP contribution in [0.4, 0.5) is 11.8 Å². The molecule has 1 unspecified atom stereocenters. The number of hydrogen-bond donors (Lipinski definition) is 3. The lowest BCUT2D eigenvalue weighted by Crippen LogP contribution is -2.38. The maximum absolute atomic E-state index is 6.60. The Kier molecular flexibility index (Phi) is 5.30. The molecule has 0 spiro atoms. The zero-order valence-corrected chi connectivity index (χ0v) is 16.2. The summed E-state index contributed by atoms with van der Waals surface area (Å²) in [5.41, 5.74) is 15.2. The van der Waals surface area contributed by atoms with Crippen molar-refractivity contribution < 1.29 is 4.74 Å². The van der Waals surface area contributed by atoms with Crippen molar-refractivity contribution in [3.63, 3.8) is 0 Å². The molecule has 0 saturated carbocycles. The van der Waals surface area contributed by atoms with E-state index in [0.29, 0.717) is 17.3 Å². The number of fused-ring (bicyclic) bond motifs is 1. The molecule has 3 aromatic rings. The molecule has 0 aliphatic carbocycles. The second kappa shape index (κ2) is 8.02. The first-order valence-corrected chi connectivity index (χ1v) is 9.85. The summed E-state index contributed by atoms with van der Waals surface area (Å²) < 4.78 is 6.60. The van der Waals surface area contributed by atoms with Gasteiger partial charge in [-0.1, -0.05) is 35.9 Å². The highest BCUT2D eigenvalue weighted by molar-refractivity contribution is 5.94. The number of ether oxygens (including phenoxy) is 1. The van der Waals surface area contributed by atoms with E-state index in [1.165, 1.54) is 11.1 Å². The molecule has 0 bridgehead atoms. The summed E-state index contributed by atoms with van der Waals surface area (Å²) in [7, 11) is 0. The first-order valence-electron chi connectivity index (χ1n) is 9.85. The molecule has 146 valence electrons. The molecule has 2 heterocycles. The quantitative estimate of drug-likeness (QED) is 0.632. The number of piperidine rings is 1. The van der Waals surface area contributed by atoms with Crippen LogP contribution in [-0.4, -0.2) is 29.2 Å². The number of anilines is 2. The van der Waals surface area contributed by atoms with Crippen molar-refractivity contribution in [3.8, 4) is 5.75 Å². The van der Waals surface area contributed by atoms with Crippen molar-refractivity contribution in [1.82, 2.24) is 15.3 Å². The van der Waals surface area contributed by atoms with Crippen LogP contribution in [0.5, 0.6) is 5.75 Å². The Bertz CT molecular complexity index is 968. The van der Waals surface area contributed by atoms with Gasteiger partial charge in [-0.25, -0.2) is 4.98 Å². The van der Waals surface area contributed by atoms with Crippen molar-refractivity contribution >= 4 is 22.7 Å². The summed E-state index contributed by atoms with van der Waals surface area (Å²) in [6, 6.07) is 14.4. The SMILES string of the molecule is Cc1cccc(CC(Oc2cccc3nc(N)nc(N)c23)C2CCNCC2)c1. The van der Waals surface area contributed by atoms with Crippen LogP contribution in [0.2, 0.25) is 0 Å². The summed E-state index contributed by atoms with van der Waals surface area (Å²) in [4.78, 5) is 8.44. The Labute approximate surface area is 165 Å². The second-order valence-corrected chi connectivity index (χ2v) is 7.55. The number of nitrogens with zero attached hydrogens (tertiary/aromatic N) is 2. The van der Waals surface area contributed by atoms with Crippen LogP contribution in [0.1, 0.15) is 24.0 Å². The third-order valence-electron chi connectivity index (χ3n) is 5.44. The zero-order chi connectivity index (χ0) is 19.5. The number of nitrogen functional groups attached to an aromatic ring is 2. The van der Waals surface area contributed by atoms with Gasteiger partial charge in [-0.2, -0.15) is 4.98 Å². The van der Waals surface area contributed by atoms with Crippen LogP contribution in [0, 0.1) is 12.8 Å². The van der Waals surface area contributed by atoms with Crippen LogP contribution in [0.15, 0.2) is 42.5 Å². The molecule has 2 aromatic carbocycles. The summed E-state index contributed by atoms with van der Waals surface area (Å²) in [5.74, 6) is 1.74. The number of aryl methyl sites for hydroxylation is 1. The highest BCUT2D eigenvalue weighted by atomic mass is 16.5. The van der Waals surface area contributed by atoms with Crippen LogP contribution in [0.3, 0.4) is 0 Å². The van der Waals surface area contributed by atoms with E-state index in [2.05, 4.69) is 46.5 Å². The summed E-state index contributed by atoms with van der Waals surface area (Å²) in [5, 5.41) is 4.18. The Hall–Kier alpha value is -2.86. The molecule has 0 radical (unpaired) electrons. The van der Waals surface area contributed by atoms with E-state index < -0.39 is 0 Å². The van der Waals surface area contributed by atoms with E-state index >= 15 is 0 Å². The number of hydrogen-bond acceptors (Lipinski definition) is 6. The summed E-state index contributed by atoms with van der Waals surface area (Å²) in [6.07, 6.45) is 3.12. The van der Waals surface area contributed by atoms with Gasteiger partial charge in [0, 0.05) is 6.42 Å². The van der Waals surface area contributed by atoms with Crippen molar-refractivity contribution in [2.24, 2.45) is 5.92 Å². The fourth-order valence-corrected chi connectivity index (χ4v) is 4.05. The molecule has 6 nitrogen and oxygen atoms in total. The van der Waals surface area contributed by atoms with E-state index in [0.717, 1.165) is 43.5 Å². The lowest BCUT2D eigenvalue weighted by molar-refractivity contribution is 0.113. The number of benzene rings is 2. The predicted octanol–water partition coefficient (Wildman–Crippen LogP) is 3.09. The number of nitrogens with two attached hydrogens (primary N) is 2. The van der Waals surface area contributed by atoms with E-state index in [4.69, 9.17) is 16.2 Å². The topological polar surface area (TPSA) is 99.1 Å². The third-order valence-corrected chi connectivity index (χ3v) is 5.44. The van der Waals surface area contributed by atoms with Crippen molar-refractivity contribution in [3.05, 3.63) is 53.6 Å². The van der Waals surface area contributed by atoms with Crippen LogP contribution in [0.25, 0.3) is 10.9 Å². The molecule has 28 heavy (non-hydrogen) atoms. The molecule has 1 aliphatic rings. The monoisotopic (exact) mass is 377 g/mol. The van der Waals surface area contributed by atoms with Gasteiger partial charge in [0.2, 0.25) is 5.95 Å². The Morgan fingerprint density at radius 1 is 1.11 bits per heavy atom. The smallest absolute Gasteiger partial charge is 0.222 e. The van der Waals surface area contributed by atoms with Crippen LogP contribution >= 0.6 is 0 Å². The fraction of sp³-hybridized carbons (Fsp3) is 0.364. The van der Waals surface area contributed by atoms with Gasteiger partial charge in [-0.15, -0.1) is 0 Å². The lowest BCUT2D eigenvalue weighted by Gasteiger charge is -2.31. The van der Waals surface area contributed by atoms with Crippen molar-refractivity contribution in [1.29, 1.82) is 0 Å². The van der Waals surface area contributed by atoms with Crippen LogP contribution < -0.4 is 21.5 Å². The molecule has 4 rings (SSSR count). The first kappa shape index (κ1) is 18.5. The van der Waals surface area contributed by atoms with Gasteiger partial charge < -0.3 is 21.5 Å². The summed E-state index contributed by atoms with van der Waals surface area (Å²) in [6.45, 7) is 4.17. The molecule has 1 aromatic heterocycles. The fourth-order valence-electron chi connectivity index (χ4n) is 4.05. The normalized spacial score (nSPS) is 16.2. The van der Waals surface area contributed by atoms with Gasteiger partial charge in [-0.3, -0.25) is 0 Å².